The quantitative estimate of drug-likeness (QED) is 0.786. The van der Waals surface area contributed by atoms with E-state index >= 15 is 0 Å². The minimum absolute atomic E-state index is 0.138. The standard InChI is InChI=1S/C22H29N3O3S/c1-16-11-17(2)13-18(12-16)21-9-6-10-25(21)15-22(26)23-19-7-5-8-20(14-19)29(27,28)24(3)4/h5,7-8,11-14,21H,6,9-10,15H2,1-4H3,(H,23,26). The summed E-state index contributed by atoms with van der Waals surface area (Å²) in [6.45, 7) is 5.34. The van der Waals surface area contributed by atoms with Crippen molar-refractivity contribution in [1.82, 2.24) is 9.21 Å². The van der Waals surface area contributed by atoms with Gasteiger partial charge in [0.2, 0.25) is 15.9 Å². The summed E-state index contributed by atoms with van der Waals surface area (Å²) in [5.74, 6) is -0.138. The summed E-state index contributed by atoms with van der Waals surface area (Å²) in [6.07, 6.45) is 2.09. The van der Waals surface area contributed by atoms with Gasteiger partial charge in [0.15, 0.2) is 0 Å². The van der Waals surface area contributed by atoms with Crippen LogP contribution in [-0.2, 0) is 14.8 Å². The number of hydrogen-bond donors (Lipinski definition) is 1. The van der Waals surface area contributed by atoms with Gasteiger partial charge < -0.3 is 5.32 Å². The van der Waals surface area contributed by atoms with Crippen LogP contribution in [0.3, 0.4) is 0 Å². The zero-order valence-electron chi connectivity index (χ0n) is 17.5. The summed E-state index contributed by atoms with van der Waals surface area (Å²) in [6, 6.07) is 13.2. The fourth-order valence-electron chi connectivity index (χ4n) is 3.93. The van der Waals surface area contributed by atoms with Crippen LogP contribution in [-0.4, -0.2) is 50.7 Å². The molecule has 1 atom stereocenters. The number of carbonyl (C=O) groups is 1. The number of amides is 1. The molecule has 0 spiro atoms. The van der Waals surface area contributed by atoms with E-state index in [1.54, 1.807) is 12.1 Å². The number of rotatable bonds is 6. The third-order valence-corrected chi connectivity index (χ3v) is 7.05. The van der Waals surface area contributed by atoms with Crippen molar-refractivity contribution >= 4 is 21.6 Å². The number of anilines is 1. The Hall–Kier alpha value is -2.22. The minimum atomic E-state index is -3.54. The summed E-state index contributed by atoms with van der Waals surface area (Å²) < 4.78 is 25.8. The lowest BCUT2D eigenvalue weighted by Gasteiger charge is -2.25. The predicted molar refractivity (Wildman–Crippen MR) is 115 cm³/mol. The SMILES string of the molecule is Cc1cc(C)cc(C2CCCN2CC(=O)Nc2cccc(S(=O)(=O)N(C)C)c2)c1. The molecule has 1 fully saturated rings. The number of nitrogens with zero attached hydrogens (tertiary/aromatic N) is 2. The van der Waals surface area contributed by atoms with Crippen LogP contribution in [0, 0.1) is 13.8 Å². The Morgan fingerprint density at radius 3 is 2.48 bits per heavy atom. The van der Waals surface area contributed by atoms with Crippen LogP contribution in [0.2, 0.25) is 0 Å². The van der Waals surface area contributed by atoms with Crippen LogP contribution in [0.4, 0.5) is 5.69 Å². The van der Waals surface area contributed by atoms with Crippen LogP contribution in [0.15, 0.2) is 47.4 Å². The van der Waals surface area contributed by atoms with Crippen LogP contribution in [0.1, 0.15) is 35.6 Å². The van der Waals surface area contributed by atoms with E-state index in [1.165, 1.54) is 42.9 Å². The van der Waals surface area contributed by atoms with Gasteiger partial charge in [-0.3, -0.25) is 9.69 Å². The molecule has 7 heteroatoms. The molecule has 1 aliphatic heterocycles. The molecule has 29 heavy (non-hydrogen) atoms. The molecule has 1 heterocycles. The number of aryl methyl sites for hydroxylation is 2. The Bertz CT molecular complexity index is 982. The van der Waals surface area contributed by atoms with Gasteiger partial charge in [0.05, 0.1) is 11.4 Å². The molecule has 1 unspecified atom stereocenters. The second kappa shape index (κ2) is 8.65. The smallest absolute Gasteiger partial charge is 0.242 e. The molecule has 0 aromatic heterocycles. The normalized spacial score (nSPS) is 17.6. The lowest BCUT2D eigenvalue weighted by Crippen LogP contribution is -2.33. The van der Waals surface area contributed by atoms with Gasteiger partial charge in [0, 0.05) is 25.8 Å². The van der Waals surface area contributed by atoms with Crippen molar-refractivity contribution in [3.8, 4) is 0 Å². The van der Waals surface area contributed by atoms with E-state index in [1.807, 2.05) is 0 Å². The first-order chi connectivity index (χ1) is 13.7. The van der Waals surface area contributed by atoms with Gasteiger partial charge in [0.1, 0.15) is 0 Å². The Balaban J connectivity index is 1.71. The summed E-state index contributed by atoms with van der Waals surface area (Å²) in [4.78, 5) is 15.0. The minimum Gasteiger partial charge on any atom is -0.325 e. The van der Waals surface area contributed by atoms with Gasteiger partial charge in [-0.15, -0.1) is 0 Å². The van der Waals surface area contributed by atoms with Gasteiger partial charge in [-0.05, 0) is 57.0 Å². The zero-order chi connectivity index (χ0) is 21.2. The highest BCUT2D eigenvalue weighted by atomic mass is 32.2. The Morgan fingerprint density at radius 2 is 1.83 bits per heavy atom. The van der Waals surface area contributed by atoms with E-state index in [-0.39, 0.29) is 23.4 Å². The first kappa shape index (κ1) is 21.5. The lowest BCUT2D eigenvalue weighted by atomic mass is 9.99. The number of hydrogen-bond acceptors (Lipinski definition) is 4. The number of benzene rings is 2. The highest BCUT2D eigenvalue weighted by Gasteiger charge is 2.28. The second-order valence-electron chi connectivity index (χ2n) is 7.91. The van der Waals surface area contributed by atoms with Crippen molar-refractivity contribution in [1.29, 1.82) is 0 Å². The molecule has 1 N–H and O–H groups in total. The largest absolute Gasteiger partial charge is 0.325 e. The molecule has 0 saturated carbocycles. The molecule has 156 valence electrons. The molecule has 1 aliphatic rings. The average Bonchev–Trinajstić information content (AvgIpc) is 3.09. The van der Waals surface area contributed by atoms with Crippen molar-refractivity contribution in [2.24, 2.45) is 0 Å². The van der Waals surface area contributed by atoms with Crippen LogP contribution in [0.25, 0.3) is 0 Å². The maximum absolute atomic E-state index is 12.7. The van der Waals surface area contributed by atoms with Crippen molar-refractivity contribution in [2.45, 2.75) is 37.6 Å². The highest BCUT2D eigenvalue weighted by Crippen LogP contribution is 2.32. The van der Waals surface area contributed by atoms with Crippen molar-refractivity contribution in [3.63, 3.8) is 0 Å². The monoisotopic (exact) mass is 415 g/mol. The third kappa shape index (κ3) is 5.04. The maximum Gasteiger partial charge on any atom is 0.242 e. The Morgan fingerprint density at radius 1 is 1.14 bits per heavy atom. The highest BCUT2D eigenvalue weighted by molar-refractivity contribution is 7.89. The predicted octanol–water partition coefficient (Wildman–Crippen LogP) is 3.33. The topological polar surface area (TPSA) is 69.7 Å². The van der Waals surface area contributed by atoms with Crippen LogP contribution in [0.5, 0.6) is 0 Å². The van der Waals surface area contributed by atoms with Crippen molar-refractivity contribution in [2.75, 3.05) is 32.5 Å². The number of carbonyl (C=O) groups excluding carboxylic acids is 1. The molecule has 0 radical (unpaired) electrons. The second-order valence-corrected chi connectivity index (χ2v) is 10.1. The summed E-state index contributed by atoms with van der Waals surface area (Å²) in [5.41, 5.74) is 4.21. The molecular formula is C22H29N3O3S. The molecule has 0 bridgehead atoms. The first-order valence-corrected chi connectivity index (χ1v) is 11.3. The summed E-state index contributed by atoms with van der Waals surface area (Å²) in [7, 11) is -0.565. The van der Waals surface area contributed by atoms with Crippen molar-refractivity contribution in [3.05, 3.63) is 59.2 Å². The van der Waals surface area contributed by atoms with Crippen LogP contribution >= 0.6 is 0 Å². The Kier molecular flexibility index (Phi) is 6.41. The van der Waals surface area contributed by atoms with Gasteiger partial charge in [-0.25, -0.2) is 12.7 Å². The molecule has 0 aliphatic carbocycles. The molecule has 2 aromatic rings. The van der Waals surface area contributed by atoms with E-state index in [9.17, 15) is 13.2 Å². The molecule has 2 aromatic carbocycles. The fourth-order valence-corrected chi connectivity index (χ4v) is 4.87. The first-order valence-electron chi connectivity index (χ1n) is 9.81. The van der Waals surface area contributed by atoms with E-state index in [4.69, 9.17) is 0 Å². The maximum atomic E-state index is 12.7. The van der Waals surface area contributed by atoms with E-state index in [2.05, 4.69) is 42.3 Å². The van der Waals surface area contributed by atoms with Gasteiger partial charge >= 0.3 is 0 Å². The molecule has 3 rings (SSSR count). The van der Waals surface area contributed by atoms with Crippen LogP contribution < -0.4 is 5.32 Å². The molecular weight excluding hydrogens is 386 g/mol. The number of sulfonamides is 1. The van der Waals surface area contributed by atoms with E-state index in [0.29, 0.717) is 5.69 Å². The van der Waals surface area contributed by atoms with Crippen molar-refractivity contribution < 1.29 is 13.2 Å². The molecule has 1 saturated heterocycles. The summed E-state index contributed by atoms with van der Waals surface area (Å²) >= 11 is 0. The van der Waals surface area contributed by atoms with E-state index in [0.717, 1.165) is 23.7 Å². The average molecular weight is 416 g/mol. The molecule has 1 amide bonds. The van der Waals surface area contributed by atoms with E-state index < -0.39 is 10.0 Å². The van der Waals surface area contributed by atoms with Gasteiger partial charge in [-0.1, -0.05) is 35.4 Å². The number of likely N-dealkylation sites (tertiary alicyclic amines) is 1. The third-order valence-electron chi connectivity index (χ3n) is 5.24. The molecule has 6 nitrogen and oxygen atoms in total. The zero-order valence-corrected chi connectivity index (χ0v) is 18.3. The number of nitrogens with one attached hydrogen (secondary N) is 1. The van der Waals surface area contributed by atoms with Gasteiger partial charge in [0.25, 0.3) is 0 Å². The van der Waals surface area contributed by atoms with Gasteiger partial charge in [-0.2, -0.15) is 0 Å². The summed E-state index contributed by atoms with van der Waals surface area (Å²) in [5, 5.41) is 2.85. The fraction of sp³-hybridized carbons (Fsp3) is 0.409. The lowest BCUT2D eigenvalue weighted by molar-refractivity contribution is -0.117. The Labute approximate surface area is 173 Å².